The normalized spacial score (nSPS) is 11.2. The van der Waals surface area contributed by atoms with Crippen LogP contribution in [-0.2, 0) is 9.53 Å². The van der Waals surface area contributed by atoms with E-state index in [9.17, 15) is 4.79 Å². The molecule has 0 radical (unpaired) electrons. The summed E-state index contributed by atoms with van der Waals surface area (Å²) < 4.78 is 16.3. The lowest BCUT2D eigenvalue weighted by molar-refractivity contribution is -0.127. The quantitative estimate of drug-likeness (QED) is 0.573. The average Bonchev–Trinajstić information content (AvgIpc) is 2.63. The molecule has 6 nitrogen and oxygen atoms in total. The standard InChI is InChI=1S/C18H19ClN2O4S/c1-3-23-18(26)21-20-17(22)12(2)24-14-8-10-16(11-9-14)25-15-6-4-13(19)5-7-15/h4-12H,3H2,1-2H3,(H,20,22)(H,21,26). The van der Waals surface area contributed by atoms with E-state index in [4.69, 9.17) is 38.0 Å². The second-order valence-electron chi connectivity index (χ2n) is 5.12. The van der Waals surface area contributed by atoms with Crippen LogP contribution in [0.2, 0.25) is 5.02 Å². The van der Waals surface area contributed by atoms with E-state index in [2.05, 4.69) is 10.9 Å². The topological polar surface area (TPSA) is 68.8 Å². The van der Waals surface area contributed by atoms with Crippen LogP contribution in [0.3, 0.4) is 0 Å². The zero-order valence-electron chi connectivity index (χ0n) is 14.3. The molecule has 2 rings (SSSR count). The molecule has 0 bridgehead atoms. The summed E-state index contributed by atoms with van der Waals surface area (Å²) in [5, 5.41) is 0.738. The minimum Gasteiger partial charge on any atom is -0.481 e. The lowest BCUT2D eigenvalue weighted by atomic mass is 10.3. The van der Waals surface area contributed by atoms with Gasteiger partial charge in [-0.2, -0.15) is 0 Å². The van der Waals surface area contributed by atoms with Crippen molar-refractivity contribution >= 4 is 34.9 Å². The highest BCUT2D eigenvalue weighted by Gasteiger charge is 2.15. The summed E-state index contributed by atoms with van der Waals surface area (Å²) >= 11 is 10.7. The molecule has 0 heterocycles. The Morgan fingerprint density at radius 2 is 1.58 bits per heavy atom. The van der Waals surface area contributed by atoms with Crippen LogP contribution >= 0.6 is 23.8 Å². The summed E-state index contributed by atoms with van der Waals surface area (Å²) in [7, 11) is 0. The molecule has 26 heavy (non-hydrogen) atoms. The highest BCUT2D eigenvalue weighted by molar-refractivity contribution is 7.80. The van der Waals surface area contributed by atoms with Crippen LogP contribution in [0.5, 0.6) is 17.2 Å². The first-order valence-corrected chi connectivity index (χ1v) is 8.69. The van der Waals surface area contributed by atoms with E-state index in [0.717, 1.165) is 0 Å². The summed E-state index contributed by atoms with van der Waals surface area (Å²) in [5.74, 6) is 1.46. The van der Waals surface area contributed by atoms with Gasteiger partial charge >= 0.3 is 0 Å². The fraction of sp³-hybridized carbons (Fsp3) is 0.222. The molecule has 2 N–H and O–H groups in total. The van der Waals surface area contributed by atoms with Gasteiger partial charge in [0.05, 0.1) is 6.61 Å². The number of rotatable bonds is 6. The molecule has 2 aromatic carbocycles. The van der Waals surface area contributed by atoms with Gasteiger partial charge in [0.1, 0.15) is 17.2 Å². The monoisotopic (exact) mass is 394 g/mol. The van der Waals surface area contributed by atoms with Gasteiger partial charge in [-0.15, -0.1) is 0 Å². The predicted octanol–water partition coefficient (Wildman–Crippen LogP) is 3.84. The SMILES string of the molecule is CCOC(=S)NNC(=O)C(C)Oc1ccc(Oc2ccc(Cl)cc2)cc1. The second kappa shape index (κ2) is 9.84. The number of carbonyl (C=O) groups is 1. The van der Waals surface area contributed by atoms with Gasteiger partial charge < -0.3 is 14.2 Å². The Balaban J connectivity index is 1.84. The van der Waals surface area contributed by atoms with Gasteiger partial charge in [-0.1, -0.05) is 11.6 Å². The number of nitrogens with one attached hydrogen (secondary N) is 2. The summed E-state index contributed by atoms with van der Waals surface area (Å²) in [5.41, 5.74) is 4.91. The Morgan fingerprint density at radius 3 is 2.15 bits per heavy atom. The van der Waals surface area contributed by atoms with Crippen LogP contribution in [0.4, 0.5) is 0 Å². The van der Waals surface area contributed by atoms with Gasteiger partial charge in [-0.3, -0.25) is 15.6 Å². The third-order valence-corrected chi connectivity index (χ3v) is 3.59. The van der Waals surface area contributed by atoms with E-state index in [1.54, 1.807) is 62.4 Å². The molecule has 0 saturated carbocycles. The maximum Gasteiger partial charge on any atom is 0.279 e. The van der Waals surface area contributed by atoms with E-state index in [0.29, 0.717) is 28.9 Å². The van der Waals surface area contributed by atoms with Crippen LogP contribution in [-0.4, -0.2) is 23.8 Å². The number of thiocarbonyl (C=S) groups is 1. The first kappa shape index (κ1) is 19.8. The molecule has 0 fully saturated rings. The summed E-state index contributed by atoms with van der Waals surface area (Å²) in [6.45, 7) is 3.83. The largest absolute Gasteiger partial charge is 0.481 e. The lowest BCUT2D eigenvalue weighted by Gasteiger charge is -2.16. The zero-order chi connectivity index (χ0) is 18.9. The molecular weight excluding hydrogens is 376 g/mol. The Hall–Kier alpha value is -2.51. The molecule has 1 atom stereocenters. The molecular formula is C18H19ClN2O4S. The van der Waals surface area contributed by atoms with Crippen molar-refractivity contribution in [3.05, 3.63) is 53.6 Å². The summed E-state index contributed by atoms with van der Waals surface area (Å²) in [6.07, 6.45) is -0.727. The van der Waals surface area contributed by atoms with Gasteiger partial charge in [-0.25, -0.2) is 0 Å². The molecule has 0 aromatic heterocycles. The molecule has 0 aliphatic heterocycles. The van der Waals surface area contributed by atoms with E-state index in [1.807, 2.05) is 0 Å². The minimum atomic E-state index is -0.727. The molecule has 0 aliphatic carbocycles. The van der Waals surface area contributed by atoms with Gasteiger partial charge in [0, 0.05) is 5.02 Å². The van der Waals surface area contributed by atoms with Crippen molar-refractivity contribution in [2.75, 3.05) is 6.61 Å². The van der Waals surface area contributed by atoms with E-state index < -0.39 is 6.10 Å². The van der Waals surface area contributed by atoms with E-state index >= 15 is 0 Å². The van der Waals surface area contributed by atoms with Crippen LogP contribution in [0, 0.1) is 0 Å². The zero-order valence-corrected chi connectivity index (χ0v) is 15.9. The number of carbonyl (C=O) groups excluding carboxylic acids is 1. The highest BCUT2D eigenvalue weighted by Crippen LogP contribution is 2.25. The first-order chi connectivity index (χ1) is 12.5. The Labute approximate surface area is 162 Å². The molecule has 1 amide bonds. The average molecular weight is 395 g/mol. The fourth-order valence-electron chi connectivity index (χ4n) is 1.86. The molecule has 2 aromatic rings. The molecule has 8 heteroatoms. The number of amides is 1. The third-order valence-electron chi connectivity index (χ3n) is 3.12. The fourth-order valence-corrected chi connectivity index (χ4v) is 2.16. The van der Waals surface area contributed by atoms with Crippen molar-refractivity contribution in [2.45, 2.75) is 20.0 Å². The van der Waals surface area contributed by atoms with Crippen LogP contribution in [0.25, 0.3) is 0 Å². The molecule has 0 aliphatic rings. The predicted molar refractivity (Wildman–Crippen MR) is 104 cm³/mol. The maximum atomic E-state index is 11.9. The lowest BCUT2D eigenvalue weighted by Crippen LogP contribution is -2.47. The smallest absolute Gasteiger partial charge is 0.279 e. The molecule has 0 saturated heterocycles. The Morgan fingerprint density at radius 1 is 1.04 bits per heavy atom. The Kier molecular flexibility index (Phi) is 7.50. The summed E-state index contributed by atoms with van der Waals surface area (Å²) in [4.78, 5) is 11.9. The molecule has 0 spiro atoms. The van der Waals surface area contributed by atoms with E-state index in [1.165, 1.54) is 0 Å². The third kappa shape index (κ3) is 6.42. The van der Waals surface area contributed by atoms with Crippen molar-refractivity contribution in [3.8, 4) is 17.2 Å². The molecule has 1 unspecified atom stereocenters. The van der Waals surface area contributed by atoms with Crippen molar-refractivity contribution in [1.29, 1.82) is 0 Å². The van der Waals surface area contributed by atoms with Crippen LogP contribution in [0.1, 0.15) is 13.8 Å². The molecule has 138 valence electrons. The van der Waals surface area contributed by atoms with Crippen LogP contribution in [0.15, 0.2) is 48.5 Å². The van der Waals surface area contributed by atoms with Crippen molar-refractivity contribution in [3.63, 3.8) is 0 Å². The summed E-state index contributed by atoms with van der Waals surface area (Å²) in [6, 6.07) is 14.0. The maximum absolute atomic E-state index is 11.9. The number of hydrazine groups is 1. The van der Waals surface area contributed by atoms with Gasteiger partial charge in [0.15, 0.2) is 6.10 Å². The number of benzene rings is 2. The second-order valence-corrected chi connectivity index (χ2v) is 5.93. The van der Waals surface area contributed by atoms with E-state index in [-0.39, 0.29) is 11.1 Å². The van der Waals surface area contributed by atoms with Crippen molar-refractivity contribution < 1.29 is 19.0 Å². The number of ether oxygens (including phenoxy) is 3. The first-order valence-electron chi connectivity index (χ1n) is 7.90. The minimum absolute atomic E-state index is 0.0942. The van der Waals surface area contributed by atoms with Crippen molar-refractivity contribution in [1.82, 2.24) is 10.9 Å². The van der Waals surface area contributed by atoms with Crippen molar-refractivity contribution in [2.24, 2.45) is 0 Å². The number of hydrogen-bond donors (Lipinski definition) is 2. The number of hydrogen-bond acceptors (Lipinski definition) is 5. The van der Waals surface area contributed by atoms with Crippen LogP contribution < -0.4 is 20.3 Å². The van der Waals surface area contributed by atoms with Gasteiger partial charge in [0.2, 0.25) is 0 Å². The van der Waals surface area contributed by atoms with Gasteiger partial charge in [0.25, 0.3) is 11.1 Å². The number of halogens is 1. The van der Waals surface area contributed by atoms with Gasteiger partial charge in [-0.05, 0) is 74.6 Å². The Bertz CT molecular complexity index is 738. The highest BCUT2D eigenvalue weighted by atomic mass is 35.5.